The maximum Gasteiger partial charge on any atom is 0.0303 e. The molecule has 2 heteroatoms. The van der Waals surface area contributed by atoms with Crippen molar-refractivity contribution in [3.05, 3.63) is 29.6 Å². The highest BCUT2D eigenvalue weighted by Gasteiger charge is 2.17. The predicted octanol–water partition coefficient (Wildman–Crippen LogP) is 1.85. The maximum atomic E-state index is 4.15. The molecule has 0 N–H and O–H groups in total. The monoisotopic (exact) mass is 176 g/mol. The molecule has 1 aromatic rings. The van der Waals surface area contributed by atoms with Gasteiger partial charge in [-0.2, -0.15) is 0 Å². The number of nitrogens with zero attached hydrogens (tertiary/aromatic N) is 2. The lowest BCUT2D eigenvalue weighted by atomic mass is 10.0. The van der Waals surface area contributed by atoms with Crippen molar-refractivity contribution in [1.82, 2.24) is 9.88 Å². The Hall–Kier alpha value is -0.890. The first-order valence-corrected chi connectivity index (χ1v) is 4.93. The van der Waals surface area contributed by atoms with Gasteiger partial charge in [0.1, 0.15) is 0 Å². The molecular weight excluding hydrogens is 160 g/mol. The van der Waals surface area contributed by atoms with Crippen molar-refractivity contribution >= 4 is 0 Å². The number of rotatable bonds is 1. The molecule has 2 rings (SSSR count). The summed E-state index contributed by atoms with van der Waals surface area (Å²) in [6.45, 7) is 6.78. The van der Waals surface area contributed by atoms with Gasteiger partial charge < -0.3 is 0 Å². The molecule has 70 valence electrons. The zero-order valence-corrected chi connectivity index (χ0v) is 8.33. The largest absolute Gasteiger partial charge is 0.296 e. The zero-order valence-electron chi connectivity index (χ0n) is 8.33. The van der Waals surface area contributed by atoms with Crippen LogP contribution in [0.4, 0.5) is 0 Å². The minimum absolute atomic E-state index is 0.654. The molecule has 2 nitrogen and oxygen atoms in total. The van der Waals surface area contributed by atoms with Crippen molar-refractivity contribution < 1.29 is 0 Å². The second-order valence-corrected chi connectivity index (χ2v) is 3.96. The van der Waals surface area contributed by atoms with Crippen LogP contribution in [0.3, 0.4) is 0 Å². The first-order valence-electron chi connectivity index (χ1n) is 4.93. The summed E-state index contributed by atoms with van der Waals surface area (Å²) in [7, 11) is 0. The van der Waals surface area contributed by atoms with Crippen molar-refractivity contribution in [3.8, 4) is 0 Å². The molecule has 0 saturated heterocycles. The van der Waals surface area contributed by atoms with Crippen molar-refractivity contribution in [2.75, 3.05) is 6.54 Å². The third-order valence-corrected chi connectivity index (χ3v) is 2.78. The van der Waals surface area contributed by atoms with Crippen LogP contribution in [-0.4, -0.2) is 22.5 Å². The van der Waals surface area contributed by atoms with Crippen LogP contribution in [0.1, 0.15) is 25.0 Å². The molecule has 0 aromatic carbocycles. The van der Waals surface area contributed by atoms with Crippen molar-refractivity contribution in [2.24, 2.45) is 0 Å². The van der Waals surface area contributed by atoms with E-state index in [9.17, 15) is 0 Å². The molecule has 0 unspecified atom stereocenters. The molecule has 0 spiro atoms. The van der Waals surface area contributed by atoms with Crippen LogP contribution >= 0.6 is 0 Å². The highest BCUT2D eigenvalue weighted by Crippen LogP contribution is 2.18. The van der Waals surface area contributed by atoms with E-state index in [4.69, 9.17) is 0 Å². The van der Waals surface area contributed by atoms with Gasteiger partial charge >= 0.3 is 0 Å². The minimum Gasteiger partial charge on any atom is -0.296 e. The normalized spacial score (nSPS) is 17.5. The van der Waals surface area contributed by atoms with Crippen LogP contribution in [0, 0.1) is 0 Å². The summed E-state index contributed by atoms with van der Waals surface area (Å²) < 4.78 is 0. The van der Waals surface area contributed by atoms with Gasteiger partial charge in [-0.15, -0.1) is 0 Å². The summed E-state index contributed by atoms with van der Waals surface area (Å²) in [6, 6.07) is 2.80. The Morgan fingerprint density at radius 1 is 1.38 bits per heavy atom. The highest BCUT2D eigenvalue weighted by atomic mass is 15.1. The second-order valence-electron chi connectivity index (χ2n) is 3.96. The van der Waals surface area contributed by atoms with Gasteiger partial charge in [0.25, 0.3) is 0 Å². The van der Waals surface area contributed by atoms with E-state index in [1.165, 1.54) is 17.7 Å². The van der Waals surface area contributed by atoms with E-state index in [0.29, 0.717) is 6.04 Å². The Morgan fingerprint density at radius 2 is 2.23 bits per heavy atom. The van der Waals surface area contributed by atoms with Crippen LogP contribution in [0.2, 0.25) is 0 Å². The Labute approximate surface area is 79.6 Å². The summed E-state index contributed by atoms with van der Waals surface area (Å²) in [5, 5.41) is 0. The molecule has 0 bridgehead atoms. The number of pyridine rings is 1. The summed E-state index contributed by atoms with van der Waals surface area (Å²) in [6.07, 6.45) is 5.05. The van der Waals surface area contributed by atoms with Gasteiger partial charge in [0.15, 0.2) is 0 Å². The molecule has 0 amide bonds. The average Bonchev–Trinajstić information content (AvgIpc) is 2.17. The van der Waals surface area contributed by atoms with Gasteiger partial charge in [-0.1, -0.05) is 0 Å². The summed E-state index contributed by atoms with van der Waals surface area (Å²) in [5.41, 5.74) is 2.88. The SMILES string of the molecule is CC(C)N1CCc2cnccc2C1. The molecule has 1 aliphatic rings. The molecule has 0 radical (unpaired) electrons. The fraction of sp³-hybridized carbons (Fsp3) is 0.545. The Morgan fingerprint density at radius 3 is 3.00 bits per heavy atom. The molecule has 0 saturated carbocycles. The molecular formula is C11H16N2. The Bertz CT molecular complexity index is 294. The molecule has 2 heterocycles. The topological polar surface area (TPSA) is 16.1 Å². The van der Waals surface area contributed by atoms with Crippen LogP contribution in [0.25, 0.3) is 0 Å². The summed E-state index contributed by atoms with van der Waals surface area (Å²) >= 11 is 0. The van der Waals surface area contributed by atoms with Crippen LogP contribution < -0.4 is 0 Å². The molecule has 0 aliphatic carbocycles. The first kappa shape index (κ1) is 8.70. The lowest BCUT2D eigenvalue weighted by Gasteiger charge is -2.31. The van der Waals surface area contributed by atoms with Crippen LogP contribution in [0.5, 0.6) is 0 Å². The fourth-order valence-electron chi connectivity index (χ4n) is 1.84. The quantitative estimate of drug-likeness (QED) is 0.649. The van der Waals surface area contributed by atoms with Crippen molar-refractivity contribution in [1.29, 1.82) is 0 Å². The highest BCUT2D eigenvalue weighted by molar-refractivity contribution is 5.25. The van der Waals surface area contributed by atoms with Gasteiger partial charge in [0, 0.05) is 31.5 Å². The van der Waals surface area contributed by atoms with Crippen LogP contribution in [0.15, 0.2) is 18.5 Å². The number of hydrogen-bond donors (Lipinski definition) is 0. The van der Waals surface area contributed by atoms with Gasteiger partial charge in [-0.3, -0.25) is 9.88 Å². The second kappa shape index (κ2) is 3.46. The number of fused-ring (bicyclic) bond motifs is 1. The third kappa shape index (κ3) is 1.73. The first-order chi connectivity index (χ1) is 6.27. The summed E-state index contributed by atoms with van der Waals surface area (Å²) in [5.74, 6) is 0. The van der Waals surface area contributed by atoms with E-state index in [0.717, 1.165) is 13.0 Å². The predicted molar refractivity (Wildman–Crippen MR) is 53.5 cm³/mol. The molecule has 0 fully saturated rings. The lowest BCUT2D eigenvalue weighted by Crippen LogP contribution is -2.35. The molecule has 13 heavy (non-hydrogen) atoms. The maximum absolute atomic E-state index is 4.15. The average molecular weight is 176 g/mol. The molecule has 1 aromatic heterocycles. The lowest BCUT2D eigenvalue weighted by molar-refractivity contribution is 0.203. The smallest absolute Gasteiger partial charge is 0.0303 e. The standard InChI is InChI=1S/C11H16N2/c1-9(2)13-6-4-10-7-12-5-3-11(10)8-13/h3,5,7,9H,4,6,8H2,1-2H3. The third-order valence-electron chi connectivity index (χ3n) is 2.78. The van der Waals surface area contributed by atoms with Crippen molar-refractivity contribution in [3.63, 3.8) is 0 Å². The van der Waals surface area contributed by atoms with Crippen molar-refractivity contribution in [2.45, 2.75) is 32.9 Å². The van der Waals surface area contributed by atoms with Gasteiger partial charge in [-0.25, -0.2) is 0 Å². The molecule has 0 atom stereocenters. The van der Waals surface area contributed by atoms with E-state index >= 15 is 0 Å². The van der Waals surface area contributed by atoms with E-state index in [-0.39, 0.29) is 0 Å². The van der Waals surface area contributed by atoms with E-state index < -0.39 is 0 Å². The fourth-order valence-corrected chi connectivity index (χ4v) is 1.84. The van der Waals surface area contributed by atoms with E-state index in [1.54, 1.807) is 0 Å². The zero-order chi connectivity index (χ0) is 9.26. The number of hydrogen-bond acceptors (Lipinski definition) is 2. The molecule has 1 aliphatic heterocycles. The minimum atomic E-state index is 0.654. The number of aromatic nitrogens is 1. The van der Waals surface area contributed by atoms with E-state index in [2.05, 4.69) is 29.8 Å². The Kier molecular flexibility index (Phi) is 2.32. The van der Waals surface area contributed by atoms with Crippen LogP contribution in [-0.2, 0) is 13.0 Å². The Balaban J connectivity index is 2.20. The van der Waals surface area contributed by atoms with Gasteiger partial charge in [0.05, 0.1) is 0 Å². The van der Waals surface area contributed by atoms with E-state index in [1.807, 2.05) is 12.4 Å². The van der Waals surface area contributed by atoms with Gasteiger partial charge in [0.2, 0.25) is 0 Å². The summed E-state index contributed by atoms with van der Waals surface area (Å²) in [4.78, 5) is 6.65. The van der Waals surface area contributed by atoms with Gasteiger partial charge in [-0.05, 0) is 37.5 Å².